The van der Waals surface area contributed by atoms with Crippen molar-refractivity contribution in [2.45, 2.75) is 39.5 Å². The molecule has 142 valence electrons. The van der Waals surface area contributed by atoms with E-state index in [1.54, 1.807) is 12.1 Å². The molecule has 0 saturated heterocycles. The van der Waals surface area contributed by atoms with E-state index in [0.717, 1.165) is 24.0 Å². The first-order valence-electron chi connectivity index (χ1n) is 9.38. The molecule has 0 amide bonds. The number of benzene rings is 1. The zero-order chi connectivity index (χ0) is 20.7. The highest BCUT2D eigenvalue weighted by molar-refractivity contribution is 6.30. The Hall–Kier alpha value is -2.74. The molecule has 4 nitrogen and oxygen atoms in total. The van der Waals surface area contributed by atoms with Gasteiger partial charge in [0.15, 0.2) is 5.41 Å². The van der Waals surface area contributed by atoms with Crippen molar-refractivity contribution in [1.82, 2.24) is 0 Å². The highest BCUT2D eigenvalue weighted by atomic mass is 35.5. The molecule has 0 bridgehead atoms. The summed E-state index contributed by atoms with van der Waals surface area (Å²) in [5, 5.41) is 30.5. The largest absolute Gasteiger partial charge is 0.399 e. The molecule has 3 rings (SSSR count). The Bertz CT molecular complexity index is 960. The molecule has 3 atom stereocenters. The number of hydrogen-bond acceptors (Lipinski definition) is 4. The van der Waals surface area contributed by atoms with Gasteiger partial charge < -0.3 is 5.73 Å². The monoisotopic (exact) mass is 390 g/mol. The van der Waals surface area contributed by atoms with Gasteiger partial charge in [0.25, 0.3) is 0 Å². The lowest BCUT2D eigenvalue weighted by molar-refractivity contribution is 0.170. The Labute approximate surface area is 171 Å². The van der Waals surface area contributed by atoms with Crippen molar-refractivity contribution in [2.75, 3.05) is 0 Å². The van der Waals surface area contributed by atoms with Crippen molar-refractivity contribution in [2.24, 2.45) is 28.4 Å². The lowest BCUT2D eigenvalue weighted by atomic mass is 9.54. The topological polar surface area (TPSA) is 97.4 Å². The van der Waals surface area contributed by atoms with Crippen LogP contribution in [0.5, 0.6) is 0 Å². The molecule has 2 N–H and O–H groups in total. The summed E-state index contributed by atoms with van der Waals surface area (Å²) < 4.78 is 0. The number of rotatable bonds is 1. The van der Waals surface area contributed by atoms with E-state index in [-0.39, 0.29) is 17.0 Å². The van der Waals surface area contributed by atoms with E-state index in [1.807, 2.05) is 12.1 Å². The minimum atomic E-state index is -1.58. The van der Waals surface area contributed by atoms with E-state index in [0.29, 0.717) is 16.5 Å². The minimum Gasteiger partial charge on any atom is -0.399 e. The van der Waals surface area contributed by atoms with Crippen LogP contribution in [-0.2, 0) is 0 Å². The maximum Gasteiger partial charge on any atom is 0.191 e. The van der Waals surface area contributed by atoms with Crippen LogP contribution in [-0.4, -0.2) is 0 Å². The van der Waals surface area contributed by atoms with E-state index in [2.05, 4.69) is 45.1 Å². The average molecular weight is 391 g/mol. The number of hydrogen-bond donors (Lipinski definition) is 1. The van der Waals surface area contributed by atoms with Crippen molar-refractivity contribution in [3.63, 3.8) is 0 Å². The summed E-state index contributed by atoms with van der Waals surface area (Å²) in [5.74, 6) is -0.195. The van der Waals surface area contributed by atoms with Crippen LogP contribution in [0.3, 0.4) is 0 Å². The molecule has 1 aromatic rings. The second-order valence-corrected chi connectivity index (χ2v) is 9.20. The van der Waals surface area contributed by atoms with Crippen LogP contribution in [0.4, 0.5) is 0 Å². The van der Waals surface area contributed by atoms with Gasteiger partial charge in [0.2, 0.25) is 0 Å². The van der Waals surface area contributed by atoms with Gasteiger partial charge in [-0.1, -0.05) is 50.6 Å². The first-order valence-corrected chi connectivity index (χ1v) is 9.76. The Morgan fingerprint density at radius 2 is 1.71 bits per heavy atom. The highest BCUT2D eigenvalue weighted by Gasteiger charge is 2.54. The van der Waals surface area contributed by atoms with Crippen LogP contribution in [0.15, 0.2) is 47.2 Å². The lowest BCUT2D eigenvalue weighted by Gasteiger charge is -2.47. The molecule has 5 heteroatoms. The van der Waals surface area contributed by atoms with Gasteiger partial charge in [0.05, 0.1) is 23.4 Å². The van der Waals surface area contributed by atoms with Gasteiger partial charge in [0.1, 0.15) is 6.07 Å². The Kier molecular flexibility index (Phi) is 5.01. The van der Waals surface area contributed by atoms with Gasteiger partial charge in [-0.2, -0.15) is 15.8 Å². The maximum absolute atomic E-state index is 10.1. The van der Waals surface area contributed by atoms with E-state index < -0.39 is 11.3 Å². The molecule has 0 aliphatic heterocycles. The molecule has 0 radical (unpaired) electrons. The number of nitriles is 3. The molecule has 28 heavy (non-hydrogen) atoms. The molecule has 2 aliphatic rings. The van der Waals surface area contributed by atoms with Crippen LogP contribution >= 0.6 is 11.6 Å². The Balaban J connectivity index is 2.29. The summed E-state index contributed by atoms with van der Waals surface area (Å²) in [7, 11) is 0. The Morgan fingerprint density at radius 3 is 2.21 bits per heavy atom. The number of fused-ring (bicyclic) bond motifs is 1. The third-order valence-corrected chi connectivity index (χ3v) is 6.58. The van der Waals surface area contributed by atoms with Gasteiger partial charge in [0, 0.05) is 10.9 Å². The van der Waals surface area contributed by atoms with E-state index >= 15 is 0 Å². The summed E-state index contributed by atoms with van der Waals surface area (Å²) in [6.45, 7) is 6.61. The molecular formula is C23H23ClN4. The fourth-order valence-electron chi connectivity index (χ4n) is 4.64. The Morgan fingerprint density at radius 1 is 1.11 bits per heavy atom. The predicted octanol–water partition coefficient (Wildman–Crippen LogP) is 5.21. The third-order valence-electron chi connectivity index (χ3n) is 6.33. The molecule has 0 spiro atoms. The summed E-state index contributed by atoms with van der Waals surface area (Å²) in [4.78, 5) is 0. The summed E-state index contributed by atoms with van der Waals surface area (Å²) >= 11 is 6.07. The first-order chi connectivity index (χ1) is 13.2. The predicted molar refractivity (Wildman–Crippen MR) is 108 cm³/mol. The fourth-order valence-corrected chi connectivity index (χ4v) is 4.77. The van der Waals surface area contributed by atoms with Crippen LogP contribution < -0.4 is 5.73 Å². The molecule has 0 fully saturated rings. The molecular weight excluding hydrogens is 368 g/mol. The maximum atomic E-state index is 10.1. The van der Waals surface area contributed by atoms with Gasteiger partial charge in [-0.25, -0.2) is 0 Å². The van der Waals surface area contributed by atoms with Gasteiger partial charge in [-0.15, -0.1) is 0 Å². The SMILES string of the molecule is CC(C)(C)C1CC=C2C(C#N)=C(N)C(C#N)(C#N)C(c3ccc(Cl)cc3)C2C1. The number of nitrogens with zero attached hydrogens (tertiary/aromatic N) is 3. The van der Waals surface area contributed by atoms with Crippen LogP contribution in [0.2, 0.25) is 5.02 Å². The molecule has 3 unspecified atom stereocenters. The van der Waals surface area contributed by atoms with E-state index in [9.17, 15) is 15.8 Å². The van der Waals surface area contributed by atoms with Gasteiger partial charge in [-0.3, -0.25) is 0 Å². The van der Waals surface area contributed by atoms with Crippen LogP contribution in [0.25, 0.3) is 0 Å². The summed E-state index contributed by atoms with van der Waals surface area (Å²) in [6.07, 6.45) is 3.75. The second kappa shape index (κ2) is 7.01. The van der Waals surface area contributed by atoms with Crippen LogP contribution in [0.1, 0.15) is 45.1 Å². The van der Waals surface area contributed by atoms with Crippen molar-refractivity contribution >= 4 is 11.6 Å². The van der Waals surface area contributed by atoms with Crippen molar-refractivity contribution in [3.8, 4) is 18.2 Å². The molecule has 0 aromatic heterocycles. The fraction of sp³-hybridized carbons (Fsp3) is 0.435. The van der Waals surface area contributed by atoms with E-state index in [4.69, 9.17) is 17.3 Å². The summed E-state index contributed by atoms with van der Waals surface area (Å²) in [5.41, 5.74) is 6.90. The number of halogens is 1. The summed E-state index contributed by atoms with van der Waals surface area (Å²) in [6, 6.07) is 13.8. The smallest absolute Gasteiger partial charge is 0.191 e. The normalized spacial score (nSPS) is 26.3. The van der Waals surface area contributed by atoms with E-state index in [1.165, 1.54) is 0 Å². The van der Waals surface area contributed by atoms with Gasteiger partial charge >= 0.3 is 0 Å². The van der Waals surface area contributed by atoms with Crippen LogP contribution in [0, 0.1) is 56.7 Å². The van der Waals surface area contributed by atoms with Gasteiger partial charge in [-0.05, 0) is 53.4 Å². The first kappa shape index (κ1) is 20.0. The standard InChI is InChI=1S/C23H23ClN4/c1-22(2,3)15-6-9-17-18(10-15)20(14-4-7-16(24)8-5-14)23(12-26,13-27)21(28)19(17)11-25/h4-5,7-9,15,18,20H,6,10,28H2,1-3H3. The molecule has 0 heterocycles. The highest BCUT2D eigenvalue weighted by Crippen LogP contribution is 2.57. The minimum absolute atomic E-state index is 0.0664. The molecule has 2 aliphatic carbocycles. The van der Waals surface area contributed by atoms with Crippen molar-refractivity contribution in [1.29, 1.82) is 15.8 Å². The lowest BCUT2D eigenvalue weighted by Crippen LogP contribution is -2.44. The zero-order valence-electron chi connectivity index (χ0n) is 16.3. The van der Waals surface area contributed by atoms with Crippen molar-refractivity contribution < 1.29 is 0 Å². The zero-order valence-corrected chi connectivity index (χ0v) is 17.1. The second-order valence-electron chi connectivity index (χ2n) is 8.76. The average Bonchev–Trinajstić information content (AvgIpc) is 2.67. The number of nitrogens with two attached hydrogens (primary N) is 1. The molecule has 1 aromatic carbocycles. The quantitative estimate of drug-likeness (QED) is 0.711. The molecule has 0 saturated carbocycles. The third kappa shape index (κ3) is 2.97. The number of allylic oxidation sites excluding steroid dienone is 4. The van der Waals surface area contributed by atoms with Crippen molar-refractivity contribution in [3.05, 3.63) is 57.8 Å².